The van der Waals surface area contributed by atoms with Crippen LogP contribution in [0.3, 0.4) is 0 Å². The summed E-state index contributed by atoms with van der Waals surface area (Å²) in [7, 11) is -3.38. The van der Waals surface area contributed by atoms with E-state index in [1.54, 1.807) is 12.3 Å². The second-order valence-electron chi connectivity index (χ2n) is 5.82. The zero-order valence-corrected chi connectivity index (χ0v) is 14.1. The maximum atomic E-state index is 12.0. The average molecular weight is 345 g/mol. The van der Waals surface area contributed by atoms with Crippen LogP contribution in [0.1, 0.15) is 29.2 Å². The Bertz CT molecular complexity index is 909. The van der Waals surface area contributed by atoms with E-state index in [2.05, 4.69) is 10.2 Å². The van der Waals surface area contributed by atoms with Gasteiger partial charge in [0.1, 0.15) is 0 Å². The van der Waals surface area contributed by atoms with Gasteiger partial charge < -0.3 is 11.5 Å². The normalized spacial score (nSPS) is 19.0. The number of benzene rings is 1. The quantitative estimate of drug-likeness (QED) is 0.490. The molecule has 0 amide bonds. The van der Waals surface area contributed by atoms with Gasteiger partial charge in [0.25, 0.3) is 0 Å². The van der Waals surface area contributed by atoms with Crippen LogP contribution < -0.4 is 11.5 Å². The molecule has 1 atom stereocenters. The number of rotatable bonds is 3. The lowest BCUT2D eigenvalue weighted by atomic mass is 9.82. The molecular formula is C16H19N5O2S. The topological polar surface area (TPSA) is 116 Å². The van der Waals surface area contributed by atoms with E-state index in [0.29, 0.717) is 24.2 Å². The lowest BCUT2D eigenvalue weighted by Gasteiger charge is -2.25. The smallest absolute Gasteiger partial charge is 0.235 e. The SMILES string of the molecule is CS(=O)(=O)n1ccc2c1CC(c1ccccc1)C/C2=N\N=C(N)N. The molecule has 0 spiro atoms. The predicted molar refractivity (Wildman–Crippen MR) is 94.5 cm³/mol. The van der Waals surface area contributed by atoms with E-state index in [9.17, 15) is 8.42 Å². The Morgan fingerprint density at radius 2 is 1.88 bits per heavy atom. The fourth-order valence-corrected chi connectivity index (χ4v) is 3.90. The molecule has 126 valence electrons. The summed E-state index contributed by atoms with van der Waals surface area (Å²) in [6.07, 6.45) is 3.99. The minimum Gasteiger partial charge on any atom is -0.369 e. The van der Waals surface area contributed by atoms with Gasteiger partial charge in [0.2, 0.25) is 16.0 Å². The van der Waals surface area contributed by atoms with Crippen LogP contribution in [0.15, 0.2) is 52.8 Å². The van der Waals surface area contributed by atoms with E-state index < -0.39 is 10.0 Å². The molecule has 4 N–H and O–H groups in total. The minimum atomic E-state index is -3.38. The van der Waals surface area contributed by atoms with Crippen molar-refractivity contribution in [3.05, 3.63) is 59.4 Å². The van der Waals surface area contributed by atoms with Crippen LogP contribution in [-0.4, -0.2) is 30.3 Å². The summed E-state index contributed by atoms with van der Waals surface area (Å²) in [6, 6.07) is 11.7. The van der Waals surface area contributed by atoms with Gasteiger partial charge in [-0.1, -0.05) is 30.3 Å². The van der Waals surface area contributed by atoms with Gasteiger partial charge in [-0.05, 0) is 30.4 Å². The lowest BCUT2D eigenvalue weighted by molar-refractivity contribution is 0.587. The molecule has 0 radical (unpaired) electrons. The monoisotopic (exact) mass is 345 g/mol. The van der Waals surface area contributed by atoms with Crippen molar-refractivity contribution < 1.29 is 8.42 Å². The molecule has 2 aromatic rings. The Kier molecular flexibility index (Phi) is 4.15. The van der Waals surface area contributed by atoms with Gasteiger partial charge in [-0.2, -0.15) is 5.10 Å². The van der Waals surface area contributed by atoms with Crippen molar-refractivity contribution in [3.63, 3.8) is 0 Å². The molecule has 1 aromatic heterocycles. The summed E-state index contributed by atoms with van der Waals surface area (Å²) in [5, 5.41) is 7.89. The molecule has 3 rings (SSSR count). The van der Waals surface area contributed by atoms with E-state index in [0.717, 1.165) is 11.1 Å². The number of aromatic nitrogens is 1. The Balaban J connectivity index is 2.12. The van der Waals surface area contributed by atoms with Gasteiger partial charge >= 0.3 is 0 Å². The molecule has 1 aromatic carbocycles. The molecule has 8 heteroatoms. The summed E-state index contributed by atoms with van der Waals surface area (Å²) in [5.41, 5.74) is 14.0. The number of nitrogens with two attached hydrogens (primary N) is 2. The molecule has 7 nitrogen and oxygen atoms in total. The van der Waals surface area contributed by atoms with E-state index >= 15 is 0 Å². The van der Waals surface area contributed by atoms with Crippen LogP contribution in [0.25, 0.3) is 0 Å². The van der Waals surface area contributed by atoms with Crippen molar-refractivity contribution in [2.24, 2.45) is 21.7 Å². The number of fused-ring (bicyclic) bond motifs is 1. The molecule has 0 saturated carbocycles. The fourth-order valence-electron chi connectivity index (χ4n) is 3.04. The van der Waals surface area contributed by atoms with Crippen LogP contribution in [0.4, 0.5) is 0 Å². The summed E-state index contributed by atoms with van der Waals surface area (Å²) >= 11 is 0. The van der Waals surface area contributed by atoms with Gasteiger partial charge in [-0.25, -0.2) is 12.4 Å². The third-order valence-electron chi connectivity index (χ3n) is 4.06. The first-order chi connectivity index (χ1) is 11.4. The second kappa shape index (κ2) is 6.12. The third kappa shape index (κ3) is 3.18. The second-order valence-corrected chi connectivity index (χ2v) is 7.68. The van der Waals surface area contributed by atoms with E-state index in [-0.39, 0.29) is 11.9 Å². The highest BCUT2D eigenvalue weighted by Gasteiger charge is 2.29. The van der Waals surface area contributed by atoms with Crippen molar-refractivity contribution in [2.75, 3.05) is 6.26 Å². The van der Waals surface area contributed by atoms with Gasteiger partial charge in [0.15, 0.2) is 0 Å². The zero-order chi connectivity index (χ0) is 17.3. The molecular weight excluding hydrogens is 326 g/mol. The molecule has 1 heterocycles. The van der Waals surface area contributed by atoms with Crippen LogP contribution in [0, 0.1) is 0 Å². The van der Waals surface area contributed by atoms with Crippen LogP contribution in [0.5, 0.6) is 0 Å². The zero-order valence-electron chi connectivity index (χ0n) is 13.3. The first kappa shape index (κ1) is 16.3. The van der Waals surface area contributed by atoms with Crippen molar-refractivity contribution >= 4 is 21.7 Å². The summed E-state index contributed by atoms with van der Waals surface area (Å²) in [4.78, 5) is 0. The molecule has 0 bridgehead atoms. The standard InChI is InChI=1S/C16H19N5O2S/c1-24(22,23)21-8-7-13-14(19-20-16(17)18)9-12(10-15(13)21)11-5-3-2-4-6-11/h2-8,12H,9-10H2,1H3,(H4,17,18,20)/b19-14+. The Labute approximate surface area is 140 Å². The van der Waals surface area contributed by atoms with Crippen molar-refractivity contribution in [2.45, 2.75) is 18.8 Å². The summed E-state index contributed by atoms with van der Waals surface area (Å²) < 4.78 is 25.4. The highest BCUT2D eigenvalue weighted by Crippen LogP contribution is 2.34. The Morgan fingerprint density at radius 3 is 2.50 bits per heavy atom. The average Bonchev–Trinajstić information content (AvgIpc) is 2.97. The first-order valence-electron chi connectivity index (χ1n) is 7.48. The Morgan fingerprint density at radius 1 is 1.17 bits per heavy atom. The number of nitrogens with zero attached hydrogens (tertiary/aromatic N) is 3. The largest absolute Gasteiger partial charge is 0.369 e. The van der Waals surface area contributed by atoms with Crippen LogP contribution in [0.2, 0.25) is 0 Å². The highest BCUT2D eigenvalue weighted by atomic mass is 32.2. The summed E-state index contributed by atoms with van der Waals surface area (Å²) in [5.74, 6) is -0.0181. The predicted octanol–water partition coefficient (Wildman–Crippen LogP) is 1.00. The minimum absolute atomic E-state index is 0.113. The fraction of sp³-hybridized carbons (Fsp3) is 0.250. The molecule has 0 fully saturated rings. The van der Waals surface area contributed by atoms with E-state index in [4.69, 9.17) is 11.5 Å². The maximum Gasteiger partial charge on any atom is 0.235 e. The maximum absolute atomic E-state index is 12.0. The van der Waals surface area contributed by atoms with Crippen LogP contribution in [-0.2, 0) is 16.4 Å². The van der Waals surface area contributed by atoms with Crippen molar-refractivity contribution in [3.8, 4) is 0 Å². The van der Waals surface area contributed by atoms with Gasteiger partial charge in [-0.15, -0.1) is 5.10 Å². The first-order valence-corrected chi connectivity index (χ1v) is 9.32. The molecule has 1 aliphatic rings. The lowest BCUT2D eigenvalue weighted by Crippen LogP contribution is -2.24. The van der Waals surface area contributed by atoms with Gasteiger partial charge in [0, 0.05) is 17.5 Å². The van der Waals surface area contributed by atoms with Gasteiger partial charge in [-0.3, -0.25) is 0 Å². The van der Waals surface area contributed by atoms with E-state index in [1.807, 2.05) is 30.3 Å². The molecule has 24 heavy (non-hydrogen) atoms. The molecule has 0 saturated heterocycles. The highest BCUT2D eigenvalue weighted by molar-refractivity contribution is 7.89. The van der Waals surface area contributed by atoms with Gasteiger partial charge in [0.05, 0.1) is 12.0 Å². The molecule has 1 aliphatic carbocycles. The Hall–Kier alpha value is -2.61. The molecule has 0 aliphatic heterocycles. The van der Waals surface area contributed by atoms with Crippen LogP contribution >= 0.6 is 0 Å². The number of hydrogen-bond acceptors (Lipinski definition) is 4. The summed E-state index contributed by atoms with van der Waals surface area (Å²) in [6.45, 7) is 0. The third-order valence-corrected chi connectivity index (χ3v) is 5.12. The van der Waals surface area contributed by atoms with Crippen molar-refractivity contribution in [1.82, 2.24) is 3.97 Å². The number of guanidine groups is 1. The van der Waals surface area contributed by atoms with E-state index in [1.165, 1.54) is 10.2 Å². The number of hydrogen-bond donors (Lipinski definition) is 2. The van der Waals surface area contributed by atoms with Crippen molar-refractivity contribution in [1.29, 1.82) is 0 Å². The molecule has 1 unspecified atom stereocenters.